The highest BCUT2D eigenvalue weighted by molar-refractivity contribution is 5.82. The molecule has 1 saturated carbocycles. The van der Waals surface area contributed by atoms with E-state index >= 15 is 0 Å². The molecule has 1 aromatic carbocycles. The van der Waals surface area contributed by atoms with E-state index in [1.165, 1.54) is 6.07 Å². The van der Waals surface area contributed by atoms with E-state index in [4.69, 9.17) is 9.15 Å². The molecule has 41 heavy (non-hydrogen) atoms. The molecule has 0 radical (unpaired) electrons. The fourth-order valence-corrected chi connectivity index (χ4v) is 6.81. The second kappa shape index (κ2) is 14.9. The van der Waals surface area contributed by atoms with Gasteiger partial charge in [-0.2, -0.15) is 0 Å². The van der Waals surface area contributed by atoms with Gasteiger partial charge in [0.05, 0.1) is 5.60 Å². The molecule has 226 valence electrons. The lowest BCUT2D eigenvalue weighted by Gasteiger charge is -2.52. The van der Waals surface area contributed by atoms with Crippen LogP contribution in [0.25, 0.3) is 11.0 Å². The minimum Gasteiger partial charge on any atom is -0.484 e. The van der Waals surface area contributed by atoms with E-state index in [9.17, 15) is 19.5 Å². The highest BCUT2D eigenvalue weighted by Crippen LogP contribution is 2.44. The lowest BCUT2D eigenvalue weighted by Crippen LogP contribution is -2.60. The average molecular weight is 569 g/mol. The smallest absolute Gasteiger partial charge is 0.336 e. The first kappa shape index (κ1) is 31.1. The summed E-state index contributed by atoms with van der Waals surface area (Å²) in [6.07, 6.45) is 12.7. The lowest BCUT2D eigenvalue weighted by molar-refractivity contribution is -0.155. The van der Waals surface area contributed by atoms with E-state index < -0.39 is 5.60 Å². The number of piperidine rings is 1. The molecule has 0 bridgehead atoms. The third-order valence-corrected chi connectivity index (χ3v) is 8.97. The van der Waals surface area contributed by atoms with Gasteiger partial charge < -0.3 is 24.5 Å². The van der Waals surface area contributed by atoms with E-state index in [1.54, 1.807) is 12.1 Å². The summed E-state index contributed by atoms with van der Waals surface area (Å²) in [5, 5.41) is 15.0. The minimum absolute atomic E-state index is 0.121. The number of hydrogen-bond acceptors (Lipinski definition) is 6. The van der Waals surface area contributed by atoms with E-state index in [1.807, 2.05) is 6.07 Å². The summed E-state index contributed by atoms with van der Waals surface area (Å²) in [5.41, 5.74) is 0.441. The fraction of sp³-hybridized carbons (Fsp3) is 0.667. The van der Waals surface area contributed by atoms with Gasteiger partial charge in [0.1, 0.15) is 11.3 Å². The Bertz CT molecular complexity index is 1230. The van der Waals surface area contributed by atoms with Crippen molar-refractivity contribution in [3.8, 4) is 5.75 Å². The molecule has 8 heteroatoms. The van der Waals surface area contributed by atoms with Crippen LogP contribution in [0.15, 0.2) is 33.5 Å². The van der Waals surface area contributed by atoms with Crippen molar-refractivity contribution in [2.24, 2.45) is 5.92 Å². The van der Waals surface area contributed by atoms with E-state index in [0.29, 0.717) is 37.3 Å². The quantitative estimate of drug-likeness (QED) is 0.230. The monoisotopic (exact) mass is 568 g/mol. The van der Waals surface area contributed by atoms with Crippen molar-refractivity contribution in [2.75, 3.05) is 19.7 Å². The number of hydrogen-bond donors (Lipinski definition) is 2. The SMILES string of the molecule is CCCC[C@H]1[C@H]2CCCC[C@@]2(O)CCN1C(=O)CCCCCNC(=O)COc1ccc2c(CCC)cc(=O)oc2c1. The Hall–Kier alpha value is -2.87. The summed E-state index contributed by atoms with van der Waals surface area (Å²) in [7, 11) is 0. The molecule has 2 amide bonds. The first-order chi connectivity index (χ1) is 19.8. The number of amides is 2. The third-order valence-electron chi connectivity index (χ3n) is 8.97. The van der Waals surface area contributed by atoms with Gasteiger partial charge in [-0.05, 0) is 62.6 Å². The Labute approximate surface area is 243 Å². The molecule has 2 aliphatic rings. The van der Waals surface area contributed by atoms with Gasteiger partial charge in [-0.25, -0.2) is 4.79 Å². The molecule has 8 nitrogen and oxygen atoms in total. The van der Waals surface area contributed by atoms with Crippen LogP contribution >= 0.6 is 0 Å². The number of carbonyl (C=O) groups is 2. The first-order valence-corrected chi connectivity index (χ1v) is 15.8. The number of benzene rings is 1. The van der Waals surface area contributed by atoms with Gasteiger partial charge in [0.25, 0.3) is 5.91 Å². The Balaban J connectivity index is 1.16. The van der Waals surface area contributed by atoms with Crippen LogP contribution in [-0.4, -0.2) is 53.2 Å². The van der Waals surface area contributed by atoms with Crippen LogP contribution in [0.2, 0.25) is 0 Å². The molecule has 1 aromatic heterocycles. The minimum atomic E-state index is -0.586. The van der Waals surface area contributed by atoms with Crippen molar-refractivity contribution in [3.63, 3.8) is 0 Å². The Morgan fingerprint density at radius 3 is 2.76 bits per heavy atom. The van der Waals surface area contributed by atoms with Crippen molar-refractivity contribution in [1.29, 1.82) is 0 Å². The highest BCUT2D eigenvalue weighted by atomic mass is 16.5. The zero-order valence-corrected chi connectivity index (χ0v) is 24.9. The molecule has 1 aliphatic heterocycles. The maximum Gasteiger partial charge on any atom is 0.336 e. The molecule has 0 unspecified atom stereocenters. The Morgan fingerprint density at radius 2 is 1.95 bits per heavy atom. The zero-order valence-electron chi connectivity index (χ0n) is 24.9. The Morgan fingerprint density at radius 1 is 1.10 bits per heavy atom. The number of fused-ring (bicyclic) bond motifs is 2. The van der Waals surface area contributed by atoms with Crippen molar-refractivity contribution in [2.45, 2.75) is 115 Å². The molecule has 3 atom stereocenters. The summed E-state index contributed by atoms with van der Waals surface area (Å²) < 4.78 is 11.0. The maximum absolute atomic E-state index is 13.2. The predicted octanol–water partition coefficient (Wildman–Crippen LogP) is 5.51. The molecule has 2 aromatic rings. The number of nitrogens with one attached hydrogen (secondary N) is 1. The fourth-order valence-electron chi connectivity index (χ4n) is 6.81. The molecule has 1 saturated heterocycles. The lowest BCUT2D eigenvalue weighted by atomic mass is 9.66. The second-order valence-electron chi connectivity index (χ2n) is 12.0. The molecule has 4 rings (SSSR count). The maximum atomic E-state index is 13.2. The van der Waals surface area contributed by atoms with Crippen LogP contribution in [0.5, 0.6) is 5.75 Å². The Kier molecular flexibility index (Phi) is 11.3. The van der Waals surface area contributed by atoms with Crippen LogP contribution in [-0.2, 0) is 16.0 Å². The van der Waals surface area contributed by atoms with Crippen LogP contribution in [0, 0.1) is 5.92 Å². The molecular weight excluding hydrogens is 520 g/mol. The number of likely N-dealkylation sites (tertiary alicyclic amines) is 1. The van der Waals surface area contributed by atoms with E-state index in [0.717, 1.165) is 88.0 Å². The van der Waals surface area contributed by atoms with Crippen molar-refractivity contribution < 1.29 is 23.8 Å². The number of unbranched alkanes of at least 4 members (excludes halogenated alkanes) is 3. The van der Waals surface area contributed by atoms with Gasteiger partial charge in [-0.3, -0.25) is 9.59 Å². The number of nitrogens with zero attached hydrogens (tertiary/aromatic N) is 1. The van der Waals surface area contributed by atoms with E-state index in [2.05, 4.69) is 24.1 Å². The largest absolute Gasteiger partial charge is 0.484 e. The number of rotatable bonds is 14. The van der Waals surface area contributed by atoms with Gasteiger partial charge >= 0.3 is 5.63 Å². The van der Waals surface area contributed by atoms with Crippen molar-refractivity contribution in [1.82, 2.24) is 10.2 Å². The molecule has 2 heterocycles. The number of ether oxygens (including phenoxy) is 1. The average Bonchev–Trinajstić information content (AvgIpc) is 2.96. The highest BCUT2D eigenvalue weighted by Gasteiger charge is 2.48. The number of aliphatic hydroxyl groups is 1. The number of carbonyl (C=O) groups excluding carboxylic acids is 2. The second-order valence-corrected chi connectivity index (χ2v) is 12.0. The standard InChI is InChI=1S/C33H48N2O6/c1-3-5-13-28-27-12-8-9-17-33(27,39)18-20-35(28)31(37)14-7-6-10-19-34-30(36)23-40-25-15-16-26-24(11-4-2)21-32(38)41-29(26)22-25/h15-16,21-22,27-28,39H,3-14,17-20,23H2,1-2H3,(H,34,36)/t27-,28+,33-/m1/s1. The topological polar surface area (TPSA) is 109 Å². The van der Waals surface area contributed by atoms with Crippen molar-refractivity contribution >= 4 is 22.8 Å². The van der Waals surface area contributed by atoms with Gasteiger partial charge in [-0.1, -0.05) is 52.4 Å². The van der Waals surface area contributed by atoms with Crippen molar-refractivity contribution in [3.05, 3.63) is 40.2 Å². The molecule has 2 fully saturated rings. The summed E-state index contributed by atoms with van der Waals surface area (Å²) in [5.74, 6) is 0.688. The molecule has 1 aliphatic carbocycles. The van der Waals surface area contributed by atoms with Gasteiger partial charge in [-0.15, -0.1) is 0 Å². The van der Waals surface area contributed by atoms with Gasteiger partial charge in [0.15, 0.2) is 6.61 Å². The van der Waals surface area contributed by atoms with Crippen LogP contribution in [0.4, 0.5) is 0 Å². The molecule has 2 N–H and O–H groups in total. The normalized spacial score (nSPS) is 22.4. The molecule has 0 spiro atoms. The molecular formula is C33H48N2O6. The summed E-state index contributed by atoms with van der Waals surface area (Å²) in [6.45, 7) is 5.32. The summed E-state index contributed by atoms with van der Waals surface area (Å²) in [6, 6.07) is 7.01. The first-order valence-electron chi connectivity index (χ1n) is 15.8. The predicted molar refractivity (Wildman–Crippen MR) is 160 cm³/mol. The summed E-state index contributed by atoms with van der Waals surface area (Å²) in [4.78, 5) is 39.5. The summed E-state index contributed by atoms with van der Waals surface area (Å²) >= 11 is 0. The van der Waals surface area contributed by atoms with E-state index in [-0.39, 0.29) is 36.0 Å². The van der Waals surface area contributed by atoms with Gasteiger partial charge in [0, 0.05) is 49.0 Å². The third kappa shape index (κ3) is 8.12. The number of aryl methyl sites for hydroxylation is 1. The van der Waals surface area contributed by atoms with Crippen LogP contribution in [0.3, 0.4) is 0 Å². The van der Waals surface area contributed by atoms with Gasteiger partial charge in [0.2, 0.25) is 5.91 Å². The van der Waals surface area contributed by atoms with Crippen LogP contribution in [0.1, 0.15) is 103 Å². The zero-order chi connectivity index (χ0) is 29.2. The van der Waals surface area contributed by atoms with Crippen LogP contribution < -0.4 is 15.7 Å².